The first kappa shape index (κ1) is 14.2. The molecule has 4 rings (SSSR count). The van der Waals surface area contributed by atoms with Gasteiger partial charge in [0.2, 0.25) is 0 Å². The maximum atomic E-state index is 12.8. The van der Waals surface area contributed by atoms with Crippen molar-refractivity contribution in [3.8, 4) is 0 Å². The number of ketones is 1. The highest BCUT2D eigenvalue weighted by Gasteiger charge is 2.73. The molecule has 1 aliphatic heterocycles. The molecule has 0 aromatic carbocycles. The number of alkyl halides is 1. The zero-order valence-electron chi connectivity index (χ0n) is 13.4. The average Bonchev–Trinajstić information content (AvgIpc) is 3.04. The molecule has 4 aliphatic rings. The molecule has 0 bridgehead atoms. The van der Waals surface area contributed by atoms with Crippen LogP contribution >= 0.6 is 11.6 Å². The summed E-state index contributed by atoms with van der Waals surface area (Å²) in [6, 6.07) is 0. The van der Waals surface area contributed by atoms with Crippen LogP contribution in [-0.2, 0) is 14.3 Å². The van der Waals surface area contributed by atoms with Gasteiger partial charge in [-0.3, -0.25) is 4.79 Å². The van der Waals surface area contributed by atoms with Gasteiger partial charge < -0.3 is 9.47 Å². The van der Waals surface area contributed by atoms with Crippen molar-refractivity contribution in [1.82, 2.24) is 0 Å². The first-order valence-electron chi connectivity index (χ1n) is 7.87. The lowest BCUT2D eigenvalue weighted by molar-refractivity contribution is -0.169. The lowest BCUT2D eigenvalue weighted by Crippen LogP contribution is -2.53. The van der Waals surface area contributed by atoms with Crippen molar-refractivity contribution in [2.75, 3.05) is 0 Å². The first-order valence-corrected chi connectivity index (χ1v) is 8.25. The molecule has 3 aliphatic carbocycles. The van der Waals surface area contributed by atoms with Gasteiger partial charge in [-0.15, -0.1) is 11.6 Å². The number of rotatable bonds is 0. The fourth-order valence-electron chi connectivity index (χ4n) is 5.24. The van der Waals surface area contributed by atoms with Crippen LogP contribution in [0.25, 0.3) is 0 Å². The highest BCUT2D eigenvalue weighted by Crippen LogP contribution is 2.71. The molecule has 0 radical (unpaired) electrons. The number of halogens is 1. The van der Waals surface area contributed by atoms with Crippen LogP contribution in [0.15, 0.2) is 11.1 Å². The number of ether oxygens (including phenoxy) is 2. The largest absolute Gasteiger partial charge is 0.344 e. The Morgan fingerprint density at radius 1 is 1.19 bits per heavy atom. The lowest BCUT2D eigenvalue weighted by atomic mass is 9.65. The maximum Gasteiger partial charge on any atom is 0.179 e. The van der Waals surface area contributed by atoms with E-state index in [-0.39, 0.29) is 28.8 Å². The van der Waals surface area contributed by atoms with Crippen LogP contribution in [-0.4, -0.2) is 28.1 Å². The Labute approximate surface area is 131 Å². The highest BCUT2D eigenvalue weighted by atomic mass is 35.5. The second-order valence-electron chi connectivity index (χ2n) is 8.11. The second kappa shape index (κ2) is 3.58. The number of hydrogen-bond acceptors (Lipinski definition) is 3. The third-order valence-corrected chi connectivity index (χ3v) is 6.62. The molecule has 3 fully saturated rings. The molecule has 1 spiro atoms. The van der Waals surface area contributed by atoms with Gasteiger partial charge in [0.1, 0.15) is 10.5 Å². The van der Waals surface area contributed by atoms with Crippen LogP contribution in [0.3, 0.4) is 0 Å². The topological polar surface area (TPSA) is 35.5 Å². The molecule has 4 atom stereocenters. The van der Waals surface area contributed by atoms with E-state index < -0.39 is 10.7 Å². The van der Waals surface area contributed by atoms with Gasteiger partial charge in [-0.2, -0.15) is 0 Å². The Balaban J connectivity index is 1.92. The molecule has 0 amide bonds. The predicted molar refractivity (Wildman–Crippen MR) is 80.2 cm³/mol. The molecule has 1 heterocycles. The van der Waals surface area contributed by atoms with E-state index in [2.05, 4.69) is 13.8 Å². The summed E-state index contributed by atoms with van der Waals surface area (Å²) >= 11 is 6.50. The summed E-state index contributed by atoms with van der Waals surface area (Å²) in [6.45, 7) is 10.1. The molecule has 0 N–H and O–H groups in total. The second-order valence-corrected chi connectivity index (χ2v) is 8.94. The molecule has 0 unspecified atom stereocenters. The van der Waals surface area contributed by atoms with Crippen LogP contribution in [0.2, 0.25) is 0 Å². The van der Waals surface area contributed by atoms with Gasteiger partial charge >= 0.3 is 0 Å². The standard InChI is InChI=1S/C17H23ClO3/c1-9-11-10(8-15(4,18)12(11)19)13-16(5,17(9)6-7-17)21-14(2,3)20-13/h10,13H,6-8H2,1-5H3/t10-,13-,15+,16-/m0/s1. The van der Waals surface area contributed by atoms with Crippen molar-refractivity contribution >= 4 is 17.4 Å². The number of carbonyl (C=O) groups is 1. The van der Waals surface area contributed by atoms with Gasteiger partial charge in [-0.05, 0) is 53.9 Å². The third-order valence-electron chi connectivity index (χ3n) is 6.29. The van der Waals surface area contributed by atoms with Gasteiger partial charge in [0, 0.05) is 16.9 Å². The van der Waals surface area contributed by atoms with Crippen molar-refractivity contribution in [1.29, 1.82) is 0 Å². The van der Waals surface area contributed by atoms with Gasteiger partial charge in [-0.25, -0.2) is 0 Å². The Morgan fingerprint density at radius 2 is 1.81 bits per heavy atom. The molecule has 1 saturated heterocycles. The van der Waals surface area contributed by atoms with Crippen LogP contribution in [0.5, 0.6) is 0 Å². The molecular weight excluding hydrogens is 288 g/mol. The molecule has 0 aromatic heterocycles. The van der Waals surface area contributed by atoms with Crippen LogP contribution in [0, 0.1) is 11.3 Å². The SMILES string of the molecule is CC1=C2C(=O)[C@](C)(Cl)C[C@@H]2[C@@H]2OC(C)(C)O[C@]2(C)C12CC2. The van der Waals surface area contributed by atoms with Gasteiger partial charge in [-0.1, -0.05) is 5.57 Å². The third kappa shape index (κ3) is 1.50. The molecular formula is C17H23ClO3. The Bertz CT molecular complexity index is 585. The summed E-state index contributed by atoms with van der Waals surface area (Å²) in [5.41, 5.74) is 1.78. The minimum Gasteiger partial charge on any atom is -0.344 e. The predicted octanol–water partition coefficient (Wildman–Crippen LogP) is 3.59. The minimum absolute atomic E-state index is 0.0236. The Kier molecular flexibility index (Phi) is 2.42. The highest BCUT2D eigenvalue weighted by molar-refractivity contribution is 6.39. The molecule has 0 aromatic rings. The smallest absolute Gasteiger partial charge is 0.179 e. The fraction of sp³-hybridized carbons (Fsp3) is 0.824. The van der Waals surface area contributed by atoms with Crippen molar-refractivity contribution < 1.29 is 14.3 Å². The number of hydrogen-bond donors (Lipinski definition) is 0. The van der Waals surface area contributed by atoms with E-state index in [0.29, 0.717) is 6.42 Å². The van der Waals surface area contributed by atoms with Crippen molar-refractivity contribution in [3.63, 3.8) is 0 Å². The van der Waals surface area contributed by atoms with E-state index >= 15 is 0 Å². The summed E-state index contributed by atoms with van der Waals surface area (Å²) in [6.07, 6.45) is 2.73. The van der Waals surface area contributed by atoms with Crippen molar-refractivity contribution in [3.05, 3.63) is 11.1 Å². The minimum atomic E-state index is -0.793. The monoisotopic (exact) mass is 310 g/mol. The van der Waals surface area contributed by atoms with E-state index in [0.717, 1.165) is 18.4 Å². The zero-order valence-corrected chi connectivity index (χ0v) is 14.1. The molecule has 3 nitrogen and oxygen atoms in total. The number of Topliss-reactive ketones (excluding diaryl/α,β-unsaturated/α-hetero) is 1. The average molecular weight is 311 g/mol. The van der Waals surface area contributed by atoms with Crippen molar-refractivity contribution in [2.24, 2.45) is 11.3 Å². The van der Waals surface area contributed by atoms with Gasteiger partial charge in [0.15, 0.2) is 11.6 Å². The summed E-state index contributed by atoms with van der Waals surface area (Å²) in [7, 11) is 0. The lowest BCUT2D eigenvalue weighted by Gasteiger charge is -2.45. The van der Waals surface area contributed by atoms with Crippen LogP contribution in [0.4, 0.5) is 0 Å². The summed E-state index contributed by atoms with van der Waals surface area (Å²) in [5.74, 6) is -0.426. The molecule has 4 heteroatoms. The van der Waals surface area contributed by atoms with Crippen LogP contribution in [0.1, 0.15) is 53.9 Å². The summed E-state index contributed by atoms with van der Waals surface area (Å²) in [5, 5.41) is 0. The maximum absolute atomic E-state index is 12.8. The van der Waals surface area contributed by atoms with Gasteiger partial charge in [0.05, 0.1) is 6.10 Å². The first-order chi connectivity index (χ1) is 9.54. The van der Waals surface area contributed by atoms with E-state index in [1.54, 1.807) is 0 Å². The summed E-state index contributed by atoms with van der Waals surface area (Å²) in [4.78, 5) is 12.0. The van der Waals surface area contributed by atoms with Gasteiger partial charge in [0.25, 0.3) is 0 Å². The van der Waals surface area contributed by atoms with E-state index in [4.69, 9.17) is 21.1 Å². The number of carbonyl (C=O) groups excluding carboxylic acids is 1. The molecule has 21 heavy (non-hydrogen) atoms. The van der Waals surface area contributed by atoms with E-state index in [1.807, 2.05) is 20.8 Å². The van der Waals surface area contributed by atoms with E-state index in [9.17, 15) is 4.79 Å². The summed E-state index contributed by atoms with van der Waals surface area (Å²) < 4.78 is 12.7. The quantitative estimate of drug-likeness (QED) is 0.641. The molecule has 116 valence electrons. The Hall–Kier alpha value is -0.380. The van der Waals surface area contributed by atoms with Crippen LogP contribution < -0.4 is 0 Å². The fourth-order valence-corrected chi connectivity index (χ4v) is 5.51. The van der Waals surface area contributed by atoms with E-state index in [1.165, 1.54) is 5.57 Å². The zero-order chi connectivity index (χ0) is 15.4. The van der Waals surface area contributed by atoms with Crippen molar-refractivity contribution in [2.45, 2.75) is 76.2 Å². The number of fused-ring (bicyclic) bond motifs is 4. The normalized spacial score (nSPS) is 49.5. The Morgan fingerprint density at radius 3 is 2.38 bits per heavy atom. The molecule has 2 saturated carbocycles.